The van der Waals surface area contributed by atoms with Crippen LogP contribution >= 0.6 is 0 Å². The highest BCUT2D eigenvalue weighted by Gasteiger charge is 2.52. The van der Waals surface area contributed by atoms with Gasteiger partial charge in [0.25, 0.3) is 0 Å². The molecule has 1 fully saturated rings. The van der Waals surface area contributed by atoms with Gasteiger partial charge in [0.2, 0.25) is 0 Å². The molecular formula is C13H23BN2O2. The Balaban J connectivity index is 2.23. The first-order chi connectivity index (χ1) is 8.03. The third kappa shape index (κ3) is 2.21. The lowest BCUT2D eigenvalue weighted by Gasteiger charge is -2.32. The predicted octanol–water partition coefficient (Wildman–Crippen LogP) is 2.01. The van der Waals surface area contributed by atoms with Crippen molar-refractivity contribution >= 4 is 12.7 Å². The second-order valence-corrected chi connectivity index (χ2v) is 7.03. The fraction of sp³-hybridized carbons (Fsp3) is 0.769. The number of hydrogen-bond donors (Lipinski definition) is 1. The van der Waals surface area contributed by atoms with Gasteiger partial charge in [-0.2, -0.15) is 0 Å². The molecule has 1 N–H and O–H groups in total. The molecule has 1 saturated heterocycles. The summed E-state index contributed by atoms with van der Waals surface area (Å²) < 4.78 is 12.0. The highest BCUT2D eigenvalue weighted by molar-refractivity contribution is 6.61. The van der Waals surface area contributed by atoms with Crippen LogP contribution in [0.25, 0.3) is 0 Å². The van der Waals surface area contributed by atoms with Gasteiger partial charge in [0, 0.05) is 11.6 Å². The van der Waals surface area contributed by atoms with Gasteiger partial charge >= 0.3 is 7.12 Å². The van der Waals surface area contributed by atoms with E-state index in [1.807, 2.05) is 33.9 Å². The van der Waals surface area contributed by atoms with Crippen molar-refractivity contribution in [2.75, 3.05) is 0 Å². The Kier molecular flexibility index (Phi) is 2.91. The van der Waals surface area contributed by atoms with Crippen LogP contribution in [0.4, 0.5) is 0 Å². The van der Waals surface area contributed by atoms with E-state index in [4.69, 9.17) is 9.31 Å². The SMILES string of the molecule is CC(C)(C)c1ncc(B2OC(C)(C)C(C)(C)O2)[nH]1. The first kappa shape index (κ1) is 13.6. The fourth-order valence-corrected chi connectivity index (χ4v) is 1.81. The zero-order valence-corrected chi connectivity index (χ0v) is 12.4. The van der Waals surface area contributed by atoms with Gasteiger partial charge in [0.05, 0.1) is 16.8 Å². The molecule has 0 unspecified atom stereocenters. The maximum absolute atomic E-state index is 5.98. The van der Waals surface area contributed by atoms with Gasteiger partial charge in [-0.25, -0.2) is 4.98 Å². The number of aromatic amines is 1. The van der Waals surface area contributed by atoms with E-state index in [1.54, 1.807) is 0 Å². The Bertz CT molecular complexity index is 430. The fourth-order valence-electron chi connectivity index (χ4n) is 1.81. The van der Waals surface area contributed by atoms with Crippen LogP contribution in [0.15, 0.2) is 6.20 Å². The summed E-state index contributed by atoms with van der Waals surface area (Å²) in [6, 6.07) is 0. The summed E-state index contributed by atoms with van der Waals surface area (Å²) in [4.78, 5) is 7.72. The Labute approximate surface area is 110 Å². The molecule has 2 rings (SSSR count). The van der Waals surface area contributed by atoms with Crippen molar-refractivity contribution in [1.82, 2.24) is 9.97 Å². The quantitative estimate of drug-likeness (QED) is 0.775. The summed E-state index contributed by atoms with van der Waals surface area (Å²) >= 11 is 0. The Hall–Kier alpha value is -0.805. The maximum Gasteiger partial charge on any atom is 0.513 e. The number of aromatic nitrogens is 2. The van der Waals surface area contributed by atoms with Crippen molar-refractivity contribution in [3.63, 3.8) is 0 Å². The van der Waals surface area contributed by atoms with Crippen LogP contribution < -0.4 is 5.59 Å². The number of H-pyrrole nitrogens is 1. The summed E-state index contributed by atoms with van der Waals surface area (Å²) in [6.45, 7) is 14.6. The molecule has 0 aromatic carbocycles. The van der Waals surface area contributed by atoms with E-state index in [0.29, 0.717) is 0 Å². The summed E-state index contributed by atoms with van der Waals surface area (Å²) in [7, 11) is -0.362. The average Bonchev–Trinajstić information content (AvgIpc) is 2.69. The van der Waals surface area contributed by atoms with Crippen molar-refractivity contribution in [2.24, 2.45) is 0 Å². The van der Waals surface area contributed by atoms with Gasteiger partial charge in [-0.05, 0) is 27.7 Å². The normalized spacial score (nSPS) is 22.5. The molecule has 0 spiro atoms. The topological polar surface area (TPSA) is 47.1 Å². The van der Waals surface area contributed by atoms with E-state index in [-0.39, 0.29) is 23.7 Å². The maximum atomic E-state index is 5.98. The van der Waals surface area contributed by atoms with Crippen LogP contribution in [0.3, 0.4) is 0 Å². The molecule has 1 aliphatic heterocycles. The average molecular weight is 250 g/mol. The number of hydrogen-bond acceptors (Lipinski definition) is 3. The van der Waals surface area contributed by atoms with E-state index in [2.05, 4.69) is 30.7 Å². The Morgan fingerprint density at radius 2 is 1.61 bits per heavy atom. The molecule has 4 nitrogen and oxygen atoms in total. The molecule has 1 aromatic rings. The van der Waals surface area contributed by atoms with Gasteiger partial charge in [0.1, 0.15) is 5.82 Å². The molecule has 1 aliphatic rings. The lowest BCUT2D eigenvalue weighted by Crippen LogP contribution is -2.41. The van der Waals surface area contributed by atoms with Gasteiger partial charge < -0.3 is 14.3 Å². The summed E-state index contributed by atoms with van der Waals surface area (Å²) in [5.74, 6) is 0.951. The second-order valence-electron chi connectivity index (χ2n) is 7.03. The first-order valence-electron chi connectivity index (χ1n) is 6.44. The molecule has 0 aliphatic carbocycles. The van der Waals surface area contributed by atoms with E-state index >= 15 is 0 Å². The lowest BCUT2D eigenvalue weighted by atomic mass is 9.85. The number of rotatable bonds is 1. The first-order valence-corrected chi connectivity index (χ1v) is 6.44. The van der Waals surface area contributed by atoms with Gasteiger partial charge in [-0.15, -0.1) is 0 Å². The summed E-state index contributed by atoms with van der Waals surface area (Å²) in [6.07, 6.45) is 1.81. The zero-order valence-electron chi connectivity index (χ0n) is 12.4. The number of nitrogens with one attached hydrogen (secondary N) is 1. The van der Waals surface area contributed by atoms with Crippen LogP contribution in [0, 0.1) is 0 Å². The largest absolute Gasteiger partial charge is 0.513 e. The molecule has 0 saturated carbocycles. The highest BCUT2D eigenvalue weighted by Crippen LogP contribution is 2.36. The number of nitrogens with zero attached hydrogens (tertiary/aromatic N) is 1. The standard InChI is InChI=1S/C13H23BN2O2/c1-11(2,3)10-15-8-9(16-10)14-17-12(4,5)13(6,7)18-14/h8H,1-7H3,(H,15,16). The summed E-state index contributed by atoms with van der Waals surface area (Å²) in [5.41, 5.74) is 0.260. The minimum atomic E-state index is -0.362. The third-order valence-electron chi connectivity index (χ3n) is 3.81. The van der Waals surface area contributed by atoms with Crippen LogP contribution in [-0.4, -0.2) is 28.3 Å². The van der Waals surface area contributed by atoms with Crippen LogP contribution in [0.1, 0.15) is 54.3 Å². The molecule has 0 radical (unpaired) electrons. The van der Waals surface area contributed by atoms with E-state index in [0.717, 1.165) is 11.4 Å². The van der Waals surface area contributed by atoms with Gasteiger partial charge in [-0.1, -0.05) is 20.8 Å². The molecule has 0 atom stereocenters. The van der Waals surface area contributed by atoms with Crippen molar-refractivity contribution in [2.45, 2.75) is 65.1 Å². The van der Waals surface area contributed by atoms with E-state index in [9.17, 15) is 0 Å². The van der Waals surface area contributed by atoms with E-state index in [1.165, 1.54) is 0 Å². The minimum absolute atomic E-state index is 0.00188. The van der Waals surface area contributed by atoms with Crippen LogP contribution in [0.5, 0.6) is 0 Å². The van der Waals surface area contributed by atoms with Crippen LogP contribution in [0.2, 0.25) is 0 Å². The summed E-state index contributed by atoms with van der Waals surface area (Å²) in [5, 5.41) is 0. The molecule has 2 heterocycles. The second kappa shape index (κ2) is 3.84. The number of imidazole rings is 1. The third-order valence-corrected chi connectivity index (χ3v) is 3.81. The van der Waals surface area contributed by atoms with Crippen molar-refractivity contribution in [3.05, 3.63) is 12.0 Å². The highest BCUT2D eigenvalue weighted by atomic mass is 16.7. The molecule has 100 valence electrons. The monoisotopic (exact) mass is 250 g/mol. The molecular weight excluding hydrogens is 227 g/mol. The molecule has 18 heavy (non-hydrogen) atoms. The molecule has 5 heteroatoms. The van der Waals surface area contributed by atoms with Gasteiger partial charge in [0.15, 0.2) is 0 Å². The van der Waals surface area contributed by atoms with Crippen molar-refractivity contribution in [1.29, 1.82) is 0 Å². The zero-order chi connectivity index (χ0) is 13.8. The van der Waals surface area contributed by atoms with Gasteiger partial charge in [-0.3, -0.25) is 0 Å². The molecule has 0 bridgehead atoms. The Morgan fingerprint density at radius 1 is 1.11 bits per heavy atom. The predicted molar refractivity (Wildman–Crippen MR) is 73.0 cm³/mol. The Morgan fingerprint density at radius 3 is 2.00 bits per heavy atom. The van der Waals surface area contributed by atoms with Crippen LogP contribution in [-0.2, 0) is 14.7 Å². The smallest absolute Gasteiger partial charge is 0.398 e. The minimum Gasteiger partial charge on any atom is -0.398 e. The van der Waals surface area contributed by atoms with E-state index < -0.39 is 0 Å². The molecule has 1 aromatic heterocycles. The van der Waals surface area contributed by atoms with Crippen molar-refractivity contribution < 1.29 is 9.31 Å². The lowest BCUT2D eigenvalue weighted by molar-refractivity contribution is 0.00578. The molecule has 0 amide bonds. The van der Waals surface area contributed by atoms with Crippen molar-refractivity contribution in [3.8, 4) is 0 Å².